The first-order chi connectivity index (χ1) is 13.1. The molecule has 0 saturated heterocycles. The fourth-order valence-electron chi connectivity index (χ4n) is 2.48. The summed E-state index contributed by atoms with van der Waals surface area (Å²) >= 11 is 2.75. The molecular formula is C18H18N4O3S2. The van der Waals surface area contributed by atoms with Gasteiger partial charge in [0.1, 0.15) is 0 Å². The van der Waals surface area contributed by atoms with Crippen molar-refractivity contribution in [2.24, 2.45) is 0 Å². The van der Waals surface area contributed by atoms with E-state index in [4.69, 9.17) is 9.94 Å². The second kappa shape index (κ2) is 8.94. The van der Waals surface area contributed by atoms with E-state index in [0.29, 0.717) is 11.0 Å². The Balaban J connectivity index is 1.97. The van der Waals surface area contributed by atoms with Crippen molar-refractivity contribution in [3.63, 3.8) is 0 Å². The lowest BCUT2D eigenvalue weighted by atomic mass is 10.0. The average Bonchev–Trinajstić information content (AvgIpc) is 3.15. The highest BCUT2D eigenvalue weighted by molar-refractivity contribution is 7.99. The zero-order valence-corrected chi connectivity index (χ0v) is 16.4. The first kappa shape index (κ1) is 19.3. The number of H-pyrrole nitrogens is 1. The average molecular weight is 403 g/mol. The highest BCUT2D eigenvalue weighted by atomic mass is 32.2. The van der Waals surface area contributed by atoms with Crippen molar-refractivity contribution < 1.29 is 14.7 Å². The minimum atomic E-state index is -0.909. The molecule has 3 N–H and O–H groups in total. The van der Waals surface area contributed by atoms with Crippen molar-refractivity contribution in [3.8, 4) is 22.5 Å². The number of benzene rings is 2. The van der Waals surface area contributed by atoms with Crippen LogP contribution in [0.3, 0.4) is 0 Å². The third kappa shape index (κ3) is 5.03. The van der Waals surface area contributed by atoms with Crippen molar-refractivity contribution in [1.82, 2.24) is 15.2 Å². The van der Waals surface area contributed by atoms with Crippen molar-refractivity contribution in [2.75, 3.05) is 24.6 Å². The lowest BCUT2D eigenvalue weighted by molar-refractivity contribution is -0.133. The molecule has 1 heterocycles. The van der Waals surface area contributed by atoms with Gasteiger partial charge >= 0.3 is 5.97 Å². The highest BCUT2D eigenvalue weighted by Gasteiger charge is 2.11. The van der Waals surface area contributed by atoms with Gasteiger partial charge < -0.3 is 5.11 Å². The van der Waals surface area contributed by atoms with Gasteiger partial charge in [-0.05, 0) is 47.7 Å². The second-order valence-corrected chi connectivity index (χ2v) is 7.31. The molecule has 3 rings (SSSR count). The van der Waals surface area contributed by atoms with E-state index in [2.05, 4.69) is 32.8 Å². The summed E-state index contributed by atoms with van der Waals surface area (Å²) in [5.74, 6) is -0.437. The van der Waals surface area contributed by atoms with Gasteiger partial charge in [-0.2, -0.15) is 0 Å². The van der Waals surface area contributed by atoms with Crippen LogP contribution in [0.2, 0.25) is 0 Å². The topological polar surface area (TPSA) is 100 Å². The number of aromatic amines is 1. The van der Waals surface area contributed by atoms with Crippen LogP contribution in [0.25, 0.3) is 22.5 Å². The molecule has 140 valence electrons. The molecular weight excluding hydrogens is 384 g/mol. The Labute approximate surface area is 164 Å². The molecule has 0 bridgehead atoms. The Morgan fingerprint density at radius 3 is 2.78 bits per heavy atom. The summed E-state index contributed by atoms with van der Waals surface area (Å²) in [6.07, 6.45) is 2.04. The van der Waals surface area contributed by atoms with Crippen LogP contribution >= 0.6 is 23.5 Å². The maximum Gasteiger partial charge on any atom is 0.313 e. The molecule has 0 fully saturated rings. The summed E-state index contributed by atoms with van der Waals surface area (Å²) in [5, 5.41) is 16.1. The van der Waals surface area contributed by atoms with Crippen molar-refractivity contribution in [3.05, 3.63) is 42.5 Å². The molecule has 9 heteroatoms. The van der Waals surface area contributed by atoms with E-state index in [1.54, 1.807) is 18.9 Å². The van der Waals surface area contributed by atoms with Crippen molar-refractivity contribution in [1.29, 1.82) is 0 Å². The van der Waals surface area contributed by atoms with Crippen LogP contribution < -0.4 is 5.48 Å². The molecule has 0 amide bonds. The van der Waals surface area contributed by atoms with Gasteiger partial charge in [0.05, 0.1) is 18.6 Å². The summed E-state index contributed by atoms with van der Waals surface area (Å²) in [7, 11) is 1.55. The van der Waals surface area contributed by atoms with Crippen LogP contribution in [-0.2, 0) is 9.63 Å². The van der Waals surface area contributed by atoms with Crippen molar-refractivity contribution >= 4 is 35.2 Å². The number of aliphatic carboxylic acids is 1. The first-order valence-electron chi connectivity index (χ1n) is 7.95. The number of hydrogen-bond donors (Lipinski definition) is 3. The lowest BCUT2D eigenvalue weighted by Crippen LogP contribution is -1.98. The normalized spacial score (nSPS) is 10.7. The number of rotatable bonds is 8. The molecule has 0 aliphatic heterocycles. The molecule has 1 aromatic heterocycles. The number of nitrogens with one attached hydrogen (secondary N) is 2. The Morgan fingerprint density at radius 1 is 1.22 bits per heavy atom. The third-order valence-electron chi connectivity index (χ3n) is 3.62. The summed E-state index contributed by atoms with van der Waals surface area (Å²) in [4.78, 5) is 21.3. The van der Waals surface area contributed by atoms with Crippen LogP contribution in [0.5, 0.6) is 0 Å². The molecule has 0 aliphatic rings. The number of hydrogen-bond acceptors (Lipinski definition) is 7. The van der Waals surface area contributed by atoms with Gasteiger partial charge in [-0.15, -0.1) is 16.9 Å². The van der Waals surface area contributed by atoms with Crippen LogP contribution in [0.15, 0.2) is 52.5 Å². The van der Waals surface area contributed by atoms with Gasteiger partial charge in [-0.3, -0.25) is 20.2 Å². The largest absolute Gasteiger partial charge is 0.481 e. The Morgan fingerprint density at radius 2 is 2.04 bits per heavy atom. The fraction of sp³-hybridized carbons (Fsp3) is 0.167. The van der Waals surface area contributed by atoms with Gasteiger partial charge in [0.15, 0.2) is 5.82 Å². The summed E-state index contributed by atoms with van der Waals surface area (Å²) in [6, 6.07) is 14.1. The van der Waals surface area contributed by atoms with Crippen LogP contribution in [-0.4, -0.2) is 45.4 Å². The lowest BCUT2D eigenvalue weighted by Gasteiger charge is -2.10. The van der Waals surface area contributed by atoms with Gasteiger partial charge in [-0.25, -0.2) is 4.98 Å². The van der Waals surface area contributed by atoms with E-state index >= 15 is 0 Å². The first-order valence-corrected chi connectivity index (χ1v) is 10.2. The Bertz CT molecular complexity index is 946. The van der Waals surface area contributed by atoms with E-state index < -0.39 is 5.97 Å². The second-order valence-electron chi connectivity index (χ2n) is 5.49. The minimum absolute atomic E-state index is 0.0880. The Kier molecular flexibility index (Phi) is 6.38. The number of thioether (sulfide) groups is 2. The maximum absolute atomic E-state index is 10.7. The molecule has 2 aromatic carbocycles. The molecule has 0 saturated carbocycles. The fourth-order valence-corrected chi connectivity index (χ4v) is 3.45. The molecule has 27 heavy (non-hydrogen) atoms. The summed E-state index contributed by atoms with van der Waals surface area (Å²) in [6.45, 7) is 0. The molecule has 7 nitrogen and oxygen atoms in total. The molecule has 0 radical (unpaired) electrons. The third-order valence-corrected chi connectivity index (χ3v) is 5.18. The van der Waals surface area contributed by atoms with Gasteiger partial charge in [-0.1, -0.05) is 23.9 Å². The predicted octanol–water partition coefficient (Wildman–Crippen LogP) is 4.01. The molecule has 0 aliphatic carbocycles. The monoisotopic (exact) mass is 402 g/mol. The zero-order chi connectivity index (χ0) is 19.2. The summed E-state index contributed by atoms with van der Waals surface area (Å²) in [5.41, 5.74) is 6.51. The number of aromatic nitrogens is 3. The Hall–Kier alpha value is -2.49. The molecule has 0 unspecified atom stereocenters. The highest BCUT2D eigenvalue weighted by Crippen LogP contribution is 2.31. The number of carbonyl (C=O) groups is 1. The minimum Gasteiger partial charge on any atom is -0.481 e. The zero-order valence-electron chi connectivity index (χ0n) is 14.7. The SMILES string of the molecule is CONc1cc(-c2cccc(SC)c2)cc(-c2nc(SCC(=O)O)n[nH]2)c1. The molecule has 3 aromatic rings. The number of nitrogens with zero attached hydrogens (tertiary/aromatic N) is 2. The molecule has 0 atom stereocenters. The maximum atomic E-state index is 10.7. The van der Waals surface area contributed by atoms with Crippen LogP contribution in [0.1, 0.15) is 0 Å². The van der Waals surface area contributed by atoms with Gasteiger partial charge in [0.25, 0.3) is 0 Å². The quantitative estimate of drug-likeness (QED) is 0.384. The van der Waals surface area contributed by atoms with E-state index in [9.17, 15) is 4.79 Å². The standard InChI is InChI=1S/C18H18N4O3S2/c1-25-22-14-7-12(11-4-3-5-15(9-11)26-2)6-13(8-14)17-19-18(21-20-17)27-10-16(23)24/h3-9,22H,10H2,1-2H3,(H,23,24)(H,19,20,21). The van der Waals surface area contributed by atoms with Crippen LogP contribution in [0, 0.1) is 0 Å². The van der Waals surface area contributed by atoms with E-state index in [1.165, 1.54) is 4.90 Å². The summed E-state index contributed by atoms with van der Waals surface area (Å²) < 4.78 is 0. The smallest absolute Gasteiger partial charge is 0.313 e. The predicted molar refractivity (Wildman–Crippen MR) is 108 cm³/mol. The van der Waals surface area contributed by atoms with E-state index in [1.807, 2.05) is 36.6 Å². The van der Waals surface area contributed by atoms with Crippen LogP contribution in [0.4, 0.5) is 5.69 Å². The molecule has 0 spiro atoms. The van der Waals surface area contributed by atoms with Gasteiger partial charge in [0, 0.05) is 10.5 Å². The number of anilines is 1. The van der Waals surface area contributed by atoms with Crippen molar-refractivity contribution in [2.45, 2.75) is 10.1 Å². The number of carboxylic acids is 1. The van der Waals surface area contributed by atoms with Gasteiger partial charge in [0.2, 0.25) is 5.16 Å². The van der Waals surface area contributed by atoms with E-state index in [0.717, 1.165) is 34.1 Å². The number of carboxylic acid groups (broad SMARTS) is 1. The van der Waals surface area contributed by atoms with E-state index in [-0.39, 0.29) is 5.75 Å².